The molecule has 0 spiro atoms. The van der Waals surface area contributed by atoms with Crippen molar-refractivity contribution in [3.8, 4) is 0 Å². The number of hydrogen-bond acceptors (Lipinski definition) is 4. The van der Waals surface area contributed by atoms with Crippen molar-refractivity contribution in [2.24, 2.45) is 5.41 Å². The predicted molar refractivity (Wildman–Crippen MR) is 93.3 cm³/mol. The molecule has 1 saturated carbocycles. The Labute approximate surface area is 148 Å². The van der Waals surface area contributed by atoms with Crippen molar-refractivity contribution in [1.82, 2.24) is 20.4 Å². The first-order valence-corrected chi connectivity index (χ1v) is 9.16. The molecule has 1 aliphatic carbocycles. The summed E-state index contributed by atoms with van der Waals surface area (Å²) >= 11 is 0. The van der Waals surface area contributed by atoms with E-state index in [4.69, 9.17) is 4.74 Å². The Bertz CT molecular complexity index is 634. The van der Waals surface area contributed by atoms with Crippen molar-refractivity contribution in [3.05, 3.63) is 17.5 Å². The third-order valence-corrected chi connectivity index (χ3v) is 5.46. The van der Waals surface area contributed by atoms with Crippen LogP contribution in [0.2, 0.25) is 0 Å². The lowest BCUT2D eigenvalue weighted by Gasteiger charge is -2.33. The van der Waals surface area contributed by atoms with Gasteiger partial charge in [-0.05, 0) is 12.8 Å². The molecule has 0 unspecified atom stereocenters. The van der Waals surface area contributed by atoms with Crippen LogP contribution in [0.3, 0.4) is 0 Å². The Morgan fingerprint density at radius 2 is 2.12 bits per heavy atom. The van der Waals surface area contributed by atoms with Crippen LogP contribution < -0.4 is 10.6 Å². The highest BCUT2D eigenvalue weighted by atomic mass is 16.5. The number of hydrogen-bond donors (Lipinski definition) is 2. The van der Waals surface area contributed by atoms with Crippen LogP contribution in [0.1, 0.15) is 55.1 Å². The van der Waals surface area contributed by atoms with Crippen molar-refractivity contribution in [2.45, 2.75) is 58.0 Å². The molecule has 7 nitrogen and oxygen atoms in total. The van der Waals surface area contributed by atoms with Crippen LogP contribution in [0.4, 0.5) is 0 Å². The molecule has 138 valence electrons. The van der Waals surface area contributed by atoms with Crippen molar-refractivity contribution in [1.29, 1.82) is 0 Å². The molecule has 1 atom stereocenters. The van der Waals surface area contributed by atoms with E-state index in [2.05, 4.69) is 22.7 Å². The summed E-state index contributed by atoms with van der Waals surface area (Å²) in [5, 5.41) is 10.3. The Morgan fingerprint density at radius 1 is 1.36 bits per heavy atom. The molecule has 1 aromatic heterocycles. The first-order chi connectivity index (χ1) is 12.0. The van der Waals surface area contributed by atoms with Crippen molar-refractivity contribution in [2.75, 3.05) is 20.3 Å². The van der Waals surface area contributed by atoms with Gasteiger partial charge in [0.15, 0.2) is 0 Å². The van der Waals surface area contributed by atoms with E-state index in [1.165, 1.54) is 6.42 Å². The molecule has 0 saturated heterocycles. The number of carbonyl (C=O) groups is 2. The van der Waals surface area contributed by atoms with Gasteiger partial charge in [-0.2, -0.15) is 5.10 Å². The summed E-state index contributed by atoms with van der Waals surface area (Å²) in [6.07, 6.45) is 7.66. The highest BCUT2D eigenvalue weighted by Gasteiger charge is 2.37. The maximum absolute atomic E-state index is 12.7. The van der Waals surface area contributed by atoms with E-state index in [9.17, 15) is 9.59 Å². The van der Waals surface area contributed by atoms with Gasteiger partial charge < -0.3 is 15.4 Å². The molecule has 1 aromatic rings. The summed E-state index contributed by atoms with van der Waals surface area (Å²) in [4.78, 5) is 25.0. The standard InChI is InChI=1S/C18H28N4O3/c1-18(6-4-3-5-7-18)17(24)21-13-10-15-14(11-20-22(15)12-13)16(23)19-8-9-25-2/h11,13H,3-10,12H2,1-2H3,(H,19,23)(H,21,24)/t13-/m0/s1. The van der Waals surface area contributed by atoms with E-state index >= 15 is 0 Å². The minimum absolute atomic E-state index is 0.0143. The Balaban J connectivity index is 1.58. The molecule has 3 rings (SSSR count). The van der Waals surface area contributed by atoms with Gasteiger partial charge in [-0.1, -0.05) is 26.2 Å². The summed E-state index contributed by atoms with van der Waals surface area (Å²) in [6.45, 7) is 3.65. The molecule has 0 aromatic carbocycles. The summed E-state index contributed by atoms with van der Waals surface area (Å²) in [5.41, 5.74) is 1.24. The lowest BCUT2D eigenvalue weighted by Crippen LogP contribution is -2.45. The quantitative estimate of drug-likeness (QED) is 0.758. The minimum atomic E-state index is -0.247. The zero-order chi connectivity index (χ0) is 17.9. The number of aromatic nitrogens is 2. The maximum Gasteiger partial charge on any atom is 0.254 e. The van der Waals surface area contributed by atoms with Crippen molar-refractivity contribution < 1.29 is 14.3 Å². The molecule has 2 amide bonds. The van der Waals surface area contributed by atoms with Crippen LogP contribution in [0.5, 0.6) is 0 Å². The van der Waals surface area contributed by atoms with Gasteiger partial charge >= 0.3 is 0 Å². The molecule has 0 bridgehead atoms. The van der Waals surface area contributed by atoms with E-state index in [1.807, 2.05) is 4.68 Å². The third-order valence-electron chi connectivity index (χ3n) is 5.46. The second-order valence-electron chi connectivity index (χ2n) is 7.43. The molecule has 25 heavy (non-hydrogen) atoms. The zero-order valence-corrected chi connectivity index (χ0v) is 15.1. The maximum atomic E-state index is 12.7. The minimum Gasteiger partial charge on any atom is -0.383 e. The van der Waals surface area contributed by atoms with Crippen LogP contribution in [-0.2, 0) is 22.5 Å². The van der Waals surface area contributed by atoms with Crippen LogP contribution in [0.15, 0.2) is 6.20 Å². The fourth-order valence-electron chi connectivity index (χ4n) is 3.86. The highest BCUT2D eigenvalue weighted by molar-refractivity contribution is 5.95. The number of amides is 2. The fraction of sp³-hybridized carbons (Fsp3) is 0.722. The SMILES string of the molecule is COCCNC(=O)c1cnn2c1C[C@H](NC(=O)C1(C)CCCCC1)C2. The van der Waals surface area contributed by atoms with Gasteiger partial charge in [-0.25, -0.2) is 0 Å². The zero-order valence-electron chi connectivity index (χ0n) is 15.1. The summed E-state index contributed by atoms with van der Waals surface area (Å²) in [6, 6.07) is 0.0143. The highest BCUT2D eigenvalue weighted by Crippen LogP contribution is 2.36. The van der Waals surface area contributed by atoms with Gasteiger partial charge in [0.2, 0.25) is 5.91 Å². The number of methoxy groups -OCH3 is 1. The molecule has 0 radical (unpaired) electrons. The van der Waals surface area contributed by atoms with E-state index < -0.39 is 0 Å². The van der Waals surface area contributed by atoms with E-state index in [1.54, 1.807) is 13.3 Å². The number of ether oxygens (including phenoxy) is 1. The van der Waals surface area contributed by atoms with Gasteiger partial charge in [0, 0.05) is 25.5 Å². The van der Waals surface area contributed by atoms with Gasteiger partial charge in [0.25, 0.3) is 5.91 Å². The average Bonchev–Trinajstić information content (AvgIpc) is 3.15. The molecule has 2 aliphatic rings. The van der Waals surface area contributed by atoms with Crippen molar-refractivity contribution in [3.63, 3.8) is 0 Å². The topological polar surface area (TPSA) is 85.2 Å². The van der Waals surface area contributed by atoms with Crippen LogP contribution >= 0.6 is 0 Å². The smallest absolute Gasteiger partial charge is 0.254 e. The fourth-order valence-corrected chi connectivity index (χ4v) is 3.86. The Morgan fingerprint density at radius 3 is 2.84 bits per heavy atom. The first-order valence-electron chi connectivity index (χ1n) is 9.16. The van der Waals surface area contributed by atoms with Gasteiger partial charge in [-0.3, -0.25) is 14.3 Å². The lowest BCUT2D eigenvalue weighted by atomic mass is 9.75. The third kappa shape index (κ3) is 3.86. The molecule has 1 aliphatic heterocycles. The van der Waals surface area contributed by atoms with Crippen LogP contribution in [0.25, 0.3) is 0 Å². The molecule has 2 heterocycles. The summed E-state index contributed by atoms with van der Waals surface area (Å²) < 4.78 is 6.78. The van der Waals surface area contributed by atoms with E-state index in [0.717, 1.165) is 31.4 Å². The second kappa shape index (κ2) is 7.56. The van der Waals surface area contributed by atoms with E-state index in [-0.39, 0.29) is 23.3 Å². The average molecular weight is 348 g/mol. The van der Waals surface area contributed by atoms with Gasteiger partial charge in [-0.15, -0.1) is 0 Å². The summed E-state index contributed by atoms with van der Waals surface area (Å²) in [7, 11) is 1.60. The number of rotatable bonds is 6. The number of fused-ring (bicyclic) bond motifs is 1. The van der Waals surface area contributed by atoms with E-state index in [0.29, 0.717) is 31.7 Å². The van der Waals surface area contributed by atoms with Crippen LogP contribution in [0, 0.1) is 5.41 Å². The first kappa shape index (κ1) is 17.9. The summed E-state index contributed by atoms with van der Waals surface area (Å²) in [5.74, 6) is 0.0126. The van der Waals surface area contributed by atoms with Gasteiger partial charge in [0.1, 0.15) is 0 Å². The second-order valence-corrected chi connectivity index (χ2v) is 7.43. The van der Waals surface area contributed by atoms with Crippen LogP contribution in [-0.4, -0.2) is 47.9 Å². The largest absolute Gasteiger partial charge is 0.383 e. The number of nitrogens with zero attached hydrogens (tertiary/aromatic N) is 2. The normalized spacial score (nSPS) is 21.6. The van der Waals surface area contributed by atoms with Gasteiger partial charge in [0.05, 0.1) is 36.6 Å². The molecular weight excluding hydrogens is 320 g/mol. The lowest BCUT2D eigenvalue weighted by molar-refractivity contribution is -0.132. The Hall–Kier alpha value is -1.89. The molecular formula is C18H28N4O3. The number of carbonyl (C=O) groups excluding carboxylic acids is 2. The molecule has 1 fully saturated rings. The number of nitrogens with one attached hydrogen (secondary N) is 2. The monoisotopic (exact) mass is 348 g/mol. The van der Waals surface area contributed by atoms with Crippen molar-refractivity contribution >= 4 is 11.8 Å². The Kier molecular flexibility index (Phi) is 5.42. The predicted octanol–water partition coefficient (Wildman–Crippen LogP) is 1.27. The molecule has 7 heteroatoms. The molecule has 2 N–H and O–H groups in total.